The smallest absolute Gasteiger partial charge is 0.295 e. The summed E-state index contributed by atoms with van der Waals surface area (Å²) in [6, 6.07) is 25.0. The Kier molecular flexibility index (Phi) is 5.68. The van der Waals surface area contributed by atoms with Crippen molar-refractivity contribution in [1.29, 1.82) is 0 Å². The first kappa shape index (κ1) is 19.9. The predicted octanol–water partition coefficient (Wildman–Crippen LogP) is 5.00. The molecule has 0 aliphatic carbocycles. The van der Waals surface area contributed by atoms with Gasteiger partial charge in [0.2, 0.25) is 0 Å². The highest BCUT2D eigenvalue weighted by Crippen LogP contribution is 2.39. The van der Waals surface area contributed by atoms with Crippen molar-refractivity contribution in [3.63, 3.8) is 0 Å². The molecule has 1 saturated heterocycles. The molecule has 0 bridgehead atoms. The van der Waals surface area contributed by atoms with Crippen LogP contribution in [-0.2, 0) is 16.0 Å². The maximum atomic E-state index is 13.0. The van der Waals surface area contributed by atoms with Crippen molar-refractivity contribution in [3.05, 3.63) is 112 Å². The van der Waals surface area contributed by atoms with Gasteiger partial charge in [-0.15, -0.1) is 0 Å². The Morgan fingerprint density at radius 3 is 2.10 bits per heavy atom. The van der Waals surface area contributed by atoms with E-state index in [0.717, 1.165) is 11.1 Å². The van der Waals surface area contributed by atoms with Crippen LogP contribution in [0.15, 0.2) is 90.5 Å². The van der Waals surface area contributed by atoms with Crippen molar-refractivity contribution in [2.45, 2.75) is 12.5 Å². The number of Topliss-reactive ketones (excluding diaryl/α,β-unsaturated/α-hetero) is 1. The van der Waals surface area contributed by atoms with Crippen LogP contribution in [0.5, 0.6) is 0 Å². The summed E-state index contributed by atoms with van der Waals surface area (Å²) in [4.78, 5) is 27.4. The number of rotatable bonds is 5. The lowest BCUT2D eigenvalue weighted by Gasteiger charge is -2.25. The molecule has 0 saturated carbocycles. The molecule has 1 atom stereocenters. The number of halogens is 1. The van der Waals surface area contributed by atoms with Gasteiger partial charge < -0.3 is 10.0 Å². The molecule has 3 aromatic rings. The van der Waals surface area contributed by atoms with Crippen LogP contribution in [0.2, 0.25) is 5.02 Å². The number of aliphatic hydroxyl groups excluding tert-OH is 1. The summed E-state index contributed by atoms with van der Waals surface area (Å²) in [5, 5.41) is 11.5. The maximum Gasteiger partial charge on any atom is 0.295 e. The van der Waals surface area contributed by atoms with E-state index in [9.17, 15) is 14.7 Å². The van der Waals surface area contributed by atoms with Gasteiger partial charge in [-0.25, -0.2) is 0 Å². The number of carbonyl (C=O) groups is 2. The summed E-state index contributed by atoms with van der Waals surface area (Å²) in [6.45, 7) is 0.367. The third-order valence-electron chi connectivity index (χ3n) is 5.26. The maximum absolute atomic E-state index is 13.0. The fourth-order valence-corrected chi connectivity index (χ4v) is 3.88. The summed E-state index contributed by atoms with van der Waals surface area (Å²) in [5.41, 5.74) is 2.40. The van der Waals surface area contributed by atoms with E-state index in [2.05, 4.69) is 0 Å². The van der Waals surface area contributed by atoms with Crippen molar-refractivity contribution in [2.24, 2.45) is 0 Å². The SMILES string of the molecule is O=C1C(=O)N(CCc2ccccc2)C(c2ccccc2)C1=C(O)c1ccc(Cl)cc1. The van der Waals surface area contributed by atoms with Crippen molar-refractivity contribution >= 4 is 29.1 Å². The van der Waals surface area contributed by atoms with Crippen LogP contribution in [0.25, 0.3) is 5.76 Å². The molecule has 4 nitrogen and oxygen atoms in total. The monoisotopic (exact) mass is 417 g/mol. The lowest BCUT2D eigenvalue weighted by atomic mass is 9.95. The van der Waals surface area contributed by atoms with Crippen LogP contribution in [0.4, 0.5) is 0 Å². The van der Waals surface area contributed by atoms with Crippen molar-refractivity contribution in [2.75, 3.05) is 6.54 Å². The van der Waals surface area contributed by atoms with E-state index >= 15 is 0 Å². The van der Waals surface area contributed by atoms with Gasteiger partial charge in [0.15, 0.2) is 0 Å². The molecular formula is C25H20ClNO3. The van der Waals surface area contributed by atoms with Gasteiger partial charge in [-0.3, -0.25) is 9.59 Å². The van der Waals surface area contributed by atoms with Crippen LogP contribution in [0.1, 0.15) is 22.7 Å². The van der Waals surface area contributed by atoms with Gasteiger partial charge in [0, 0.05) is 17.1 Å². The molecule has 1 fully saturated rings. The number of benzene rings is 3. The molecule has 4 rings (SSSR count). The second-order valence-electron chi connectivity index (χ2n) is 7.15. The molecule has 0 aromatic heterocycles. The van der Waals surface area contributed by atoms with E-state index in [1.807, 2.05) is 60.7 Å². The minimum absolute atomic E-state index is 0.0987. The number of hydrogen-bond acceptors (Lipinski definition) is 3. The second-order valence-corrected chi connectivity index (χ2v) is 7.58. The number of carbonyl (C=O) groups excluding carboxylic acids is 2. The van der Waals surface area contributed by atoms with Gasteiger partial charge in [-0.1, -0.05) is 72.3 Å². The summed E-state index contributed by atoms with van der Waals surface area (Å²) >= 11 is 5.95. The lowest BCUT2D eigenvalue weighted by Crippen LogP contribution is -2.31. The normalized spacial score (nSPS) is 18.0. The zero-order valence-electron chi connectivity index (χ0n) is 16.2. The third-order valence-corrected chi connectivity index (χ3v) is 5.51. The summed E-state index contributed by atoms with van der Waals surface area (Å²) < 4.78 is 0. The zero-order valence-corrected chi connectivity index (χ0v) is 16.9. The van der Waals surface area contributed by atoms with Gasteiger partial charge in [-0.05, 0) is 41.8 Å². The zero-order chi connectivity index (χ0) is 21.1. The van der Waals surface area contributed by atoms with Gasteiger partial charge in [-0.2, -0.15) is 0 Å². The standard InChI is InChI=1S/C25H20ClNO3/c26-20-13-11-19(12-14-20)23(28)21-22(18-9-5-2-6-10-18)27(25(30)24(21)29)16-15-17-7-3-1-4-8-17/h1-14,22,28H,15-16H2. The Hall–Kier alpha value is -3.37. The number of aliphatic hydroxyl groups is 1. The molecule has 1 aliphatic rings. The Bertz CT molecular complexity index is 1090. The highest BCUT2D eigenvalue weighted by molar-refractivity contribution is 6.46. The minimum atomic E-state index is -0.677. The van der Waals surface area contributed by atoms with Crippen molar-refractivity contribution < 1.29 is 14.7 Å². The van der Waals surface area contributed by atoms with Crippen LogP contribution >= 0.6 is 11.6 Å². The molecule has 1 heterocycles. The summed E-state index contributed by atoms with van der Waals surface area (Å²) in [5.74, 6) is -1.47. The second kappa shape index (κ2) is 8.56. The summed E-state index contributed by atoms with van der Waals surface area (Å²) in [7, 11) is 0. The average Bonchev–Trinajstić information content (AvgIpc) is 3.04. The number of hydrogen-bond donors (Lipinski definition) is 1. The highest BCUT2D eigenvalue weighted by Gasteiger charge is 2.45. The molecule has 5 heteroatoms. The number of likely N-dealkylation sites (tertiary alicyclic amines) is 1. The van der Waals surface area contributed by atoms with Crippen molar-refractivity contribution in [3.8, 4) is 0 Å². The molecule has 3 aromatic carbocycles. The predicted molar refractivity (Wildman–Crippen MR) is 117 cm³/mol. The summed E-state index contributed by atoms with van der Waals surface area (Å²) in [6.07, 6.45) is 0.609. The Balaban J connectivity index is 1.76. The quantitative estimate of drug-likeness (QED) is 0.361. The largest absolute Gasteiger partial charge is 0.507 e. The number of ketones is 1. The van der Waals surface area contributed by atoms with Gasteiger partial charge >= 0.3 is 0 Å². The molecule has 30 heavy (non-hydrogen) atoms. The molecule has 0 radical (unpaired) electrons. The molecule has 0 spiro atoms. The number of nitrogens with zero attached hydrogens (tertiary/aromatic N) is 1. The first-order chi connectivity index (χ1) is 14.6. The Morgan fingerprint density at radius 1 is 0.867 bits per heavy atom. The van der Waals surface area contributed by atoms with Crippen molar-refractivity contribution in [1.82, 2.24) is 4.90 Å². The van der Waals surface area contributed by atoms with E-state index in [-0.39, 0.29) is 11.3 Å². The van der Waals surface area contributed by atoms with Crippen LogP contribution in [0.3, 0.4) is 0 Å². The van der Waals surface area contributed by atoms with Crippen LogP contribution in [0, 0.1) is 0 Å². The van der Waals surface area contributed by atoms with E-state index in [0.29, 0.717) is 23.6 Å². The lowest BCUT2D eigenvalue weighted by molar-refractivity contribution is -0.139. The fourth-order valence-electron chi connectivity index (χ4n) is 3.75. The Morgan fingerprint density at radius 2 is 1.47 bits per heavy atom. The van der Waals surface area contributed by atoms with E-state index in [1.54, 1.807) is 29.2 Å². The molecule has 1 unspecified atom stereocenters. The molecule has 1 amide bonds. The molecule has 150 valence electrons. The van der Waals surface area contributed by atoms with E-state index in [1.165, 1.54) is 0 Å². The Labute approximate surface area is 180 Å². The van der Waals surface area contributed by atoms with Crippen LogP contribution in [-0.4, -0.2) is 28.2 Å². The van der Waals surface area contributed by atoms with Gasteiger partial charge in [0.1, 0.15) is 5.76 Å². The first-order valence-corrected chi connectivity index (χ1v) is 10.1. The first-order valence-electron chi connectivity index (χ1n) is 9.69. The topological polar surface area (TPSA) is 57.6 Å². The minimum Gasteiger partial charge on any atom is -0.507 e. The van der Waals surface area contributed by atoms with Gasteiger partial charge in [0.05, 0.1) is 11.6 Å². The molecule has 1 N–H and O–H groups in total. The number of amides is 1. The fraction of sp³-hybridized carbons (Fsp3) is 0.120. The average molecular weight is 418 g/mol. The van der Waals surface area contributed by atoms with Gasteiger partial charge in [0.25, 0.3) is 11.7 Å². The van der Waals surface area contributed by atoms with Crippen LogP contribution < -0.4 is 0 Å². The molecule has 1 aliphatic heterocycles. The third kappa shape index (κ3) is 3.87. The molecular weight excluding hydrogens is 398 g/mol. The van der Waals surface area contributed by atoms with E-state index in [4.69, 9.17) is 11.6 Å². The van der Waals surface area contributed by atoms with E-state index < -0.39 is 17.7 Å². The highest BCUT2D eigenvalue weighted by atomic mass is 35.5.